The number of aromatic carboxylic acids is 1. The monoisotopic (exact) mass is 381 g/mol. The predicted molar refractivity (Wildman–Crippen MR) is 106 cm³/mol. The van der Waals surface area contributed by atoms with Crippen LogP contribution in [-0.2, 0) is 10.5 Å². The third-order valence-corrected chi connectivity index (χ3v) is 5.13. The molecule has 4 N–H and O–H groups in total. The van der Waals surface area contributed by atoms with Crippen molar-refractivity contribution in [2.24, 2.45) is 10.7 Å². The van der Waals surface area contributed by atoms with Crippen molar-refractivity contribution in [1.82, 2.24) is 5.32 Å². The van der Waals surface area contributed by atoms with Crippen LogP contribution in [0.25, 0.3) is 0 Å². The molecule has 138 valence electrons. The summed E-state index contributed by atoms with van der Waals surface area (Å²) < 4.78 is 0. The molecule has 7 heteroatoms. The Bertz CT molecular complexity index is 921. The Morgan fingerprint density at radius 1 is 1.15 bits per heavy atom. The normalized spacial score (nSPS) is 16.5. The van der Waals surface area contributed by atoms with E-state index in [9.17, 15) is 9.59 Å². The number of benzene rings is 2. The zero-order valence-electron chi connectivity index (χ0n) is 14.7. The number of nitrogens with zero attached hydrogens (tertiary/aromatic N) is 1. The van der Waals surface area contributed by atoms with Gasteiger partial charge in [-0.2, -0.15) is 0 Å². The lowest BCUT2D eigenvalue weighted by molar-refractivity contribution is -0.114. The number of carboxylic acid groups (broad SMARTS) is 1. The van der Waals surface area contributed by atoms with Gasteiger partial charge in [0.15, 0.2) is 5.17 Å². The summed E-state index contributed by atoms with van der Waals surface area (Å²) in [6.45, 7) is 1.81. The fourth-order valence-corrected chi connectivity index (χ4v) is 3.71. The number of aliphatic imine (C=N–C) groups is 1. The van der Waals surface area contributed by atoms with Gasteiger partial charge in [0.1, 0.15) is 6.04 Å². The van der Waals surface area contributed by atoms with Crippen molar-refractivity contribution in [2.45, 2.75) is 18.7 Å². The zero-order valence-corrected chi connectivity index (χ0v) is 15.5. The number of hydrogen-bond acceptors (Lipinski definition) is 5. The molecule has 0 bridgehead atoms. The second-order valence-electron chi connectivity index (χ2n) is 6.07. The summed E-state index contributed by atoms with van der Waals surface area (Å²) in [6, 6.07) is 15.8. The van der Waals surface area contributed by atoms with Gasteiger partial charge in [-0.25, -0.2) is 9.79 Å². The van der Waals surface area contributed by atoms with E-state index in [1.807, 2.05) is 37.3 Å². The number of carbonyl (C=O) groups is 2. The molecule has 0 saturated heterocycles. The first kappa shape index (κ1) is 18.7. The number of carbonyl (C=O) groups excluding carboxylic acids is 1. The minimum atomic E-state index is -0.946. The van der Waals surface area contributed by atoms with Gasteiger partial charge in [0.2, 0.25) is 5.91 Å². The summed E-state index contributed by atoms with van der Waals surface area (Å²) >= 11 is 1.49. The van der Waals surface area contributed by atoms with Gasteiger partial charge in [-0.05, 0) is 30.2 Å². The van der Waals surface area contributed by atoms with Crippen LogP contribution in [-0.4, -0.2) is 22.2 Å². The van der Waals surface area contributed by atoms with Crippen LogP contribution in [0, 0.1) is 0 Å². The molecule has 0 spiro atoms. The summed E-state index contributed by atoms with van der Waals surface area (Å²) in [5.41, 5.74) is 8.85. The van der Waals surface area contributed by atoms with Gasteiger partial charge in [-0.3, -0.25) is 4.79 Å². The third kappa shape index (κ3) is 4.38. The number of nitrogens with one attached hydrogen (secondary N) is 1. The highest BCUT2D eigenvalue weighted by Crippen LogP contribution is 2.32. The summed E-state index contributed by atoms with van der Waals surface area (Å²) in [4.78, 5) is 27.5. The number of amidine groups is 1. The lowest BCUT2D eigenvalue weighted by Gasteiger charge is -2.25. The molecule has 0 unspecified atom stereocenters. The number of hydrogen-bond donors (Lipinski definition) is 3. The molecule has 1 atom stereocenters. The Morgan fingerprint density at radius 3 is 2.41 bits per heavy atom. The van der Waals surface area contributed by atoms with E-state index in [1.54, 1.807) is 24.3 Å². The van der Waals surface area contributed by atoms with Crippen LogP contribution in [0.3, 0.4) is 0 Å². The number of primary amides is 1. The zero-order chi connectivity index (χ0) is 19.4. The molecule has 3 rings (SSSR count). The maximum Gasteiger partial charge on any atom is 0.335 e. The Kier molecular flexibility index (Phi) is 5.61. The quantitative estimate of drug-likeness (QED) is 0.738. The molecule has 2 aromatic rings. The van der Waals surface area contributed by atoms with Gasteiger partial charge >= 0.3 is 5.97 Å². The van der Waals surface area contributed by atoms with Crippen LogP contribution in [0.5, 0.6) is 0 Å². The van der Waals surface area contributed by atoms with Crippen molar-refractivity contribution >= 4 is 28.8 Å². The van der Waals surface area contributed by atoms with Gasteiger partial charge in [0, 0.05) is 11.4 Å². The van der Waals surface area contributed by atoms with E-state index in [1.165, 1.54) is 11.8 Å². The average Bonchev–Trinajstić information content (AvgIpc) is 2.66. The molecule has 0 aromatic heterocycles. The molecule has 0 fully saturated rings. The largest absolute Gasteiger partial charge is 0.478 e. The minimum Gasteiger partial charge on any atom is -0.478 e. The Hall–Kier alpha value is -3.06. The summed E-state index contributed by atoms with van der Waals surface area (Å²) in [7, 11) is 0. The highest BCUT2D eigenvalue weighted by atomic mass is 32.2. The van der Waals surface area contributed by atoms with E-state index in [2.05, 4.69) is 10.3 Å². The van der Waals surface area contributed by atoms with Crippen LogP contribution in [0.4, 0.5) is 0 Å². The third-order valence-electron chi connectivity index (χ3n) is 4.18. The van der Waals surface area contributed by atoms with Gasteiger partial charge in [-0.1, -0.05) is 54.2 Å². The second kappa shape index (κ2) is 8.09. The molecule has 0 saturated carbocycles. The first-order valence-electron chi connectivity index (χ1n) is 8.31. The number of amides is 1. The Labute approximate surface area is 161 Å². The fraction of sp³-hybridized carbons (Fsp3) is 0.150. The van der Waals surface area contributed by atoms with Crippen molar-refractivity contribution in [2.75, 3.05) is 0 Å². The summed E-state index contributed by atoms with van der Waals surface area (Å²) in [5.74, 6) is -0.823. The molecule has 1 amide bonds. The van der Waals surface area contributed by atoms with Crippen LogP contribution < -0.4 is 11.1 Å². The topological polar surface area (TPSA) is 105 Å². The van der Waals surface area contributed by atoms with Crippen molar-refractivity contribution < 1.29 is 14.7 Å². The van der Waals surface area contributed by atoms with Crippen molar-refractivity contribution in [1.29, 1.82) is 0 Å². The Morgan fingerprint density at radius 2 is 1.81 bits per heavy atom. The smallest absolute Gasteiger partial charge is 0.335 e. The second-order valence-corrected chi connectivity index (χ2v) is 7.03. The molecule has 0 aliphatic carbocycles. The van der Waals surface area contributed by atoms with E-state index < -0.39 is 17.9 Å². The predicted octanol–water partition coefficient (Wildman–Crippen LogP) is 3.08. The highest BCUT2D eigenvalue weighted by molar-refractivity contribution is 8.13. The molecular formula is C20H19N3O3S. The van der Waals surface area contributed by atoms with E-state index in [0.29, 0.717) is 22.2 Å². The molecular weight excluding hydrogens is 362 g/mol. The molecule has 1 heterocycles. The van der Waals surface area contributed by atoms with Crippen LogP contribution >= 0.6 is 11.8 Å². The van der Waals surface area contributed by atoms with Crippen molar-refractivity contribution in [3.63, 3.8) is 0 Å². The molecule has 1 aliphatic rings. The molecule has 0 radical (unpaired) electrons. The van der Waals surface area contributed by atoms with E-state index >= 15 is 0 Å². The van der Waals surface area contributed by atoms with Crippen LogP contribution in [0.2, 0.25) is 0 Å². The van der Waals surface area contributed by atoms with E-state index in [4.69, 9.17) is 10.8 Å². The lowest BCUT2D eigenvalue weighted by atomic mass is 9.96. The van der Waals surface area contributed by atoms with Gasteiger partial charge < -0.3 is 16.2 Å². The minimum absolute atomic E-state index is 0.255. The maximum absolute atomic E-state index is 11.9. The van der Waals surface area contributed by atoms with Crippen molar-refractivity contribution in [3.05, 3.63) is 82.6 Å². The molecule has 27 heavy (non-hydrogen) atoms. The lowest BCUT2D eigenvalue weighted by Crippen LogP contribution is -2.32. The summed E-state index contributed by atoms with van der Waals surface area (Å²) in [5, 5.41) is 12.8. The number of rotatable bonds is 5. The van der Waals surface area contributed by atoms with E-state index in [0.717, 1.165) is 11.1 Å². The van der Waals surface area contributed by atoms with E-state index in [-0.39, 0.29) is 5.56 Å². The Balaban J connectivity index is 1.79. The standard InChI is InChI=1S/C20H19N3O3S/c1-12-16(18(21)24)17(14-5-3-2-4-6-14)23-20(22-12)27-11-13-7-9-15(10-8-13)19(25)26/h2-10,17H,11H2,1H3,(H2,21,24)(H,22,23)(H,25,26)/t17-/m0/s1. The maximum atomic E-state index is 11.9. The molecule has 2 aromatic carbocycles. The van der Waals surface area contributed by atoms with Crippen molar-refractivity contribution in [3.8, 4) is 0 Å². The molecule has 6 nitrogen and oxygen atoms in total. The van der Waals surface area contributed by atoms with Gasteiger partial charge in [0.05, 0.1) is 11.1 Å². The first-order chi connectivity index (χ1) is 13.0. The highest BCUT2D eigenvalue weighted by Gasteiger charge is 2.27. The van der Waals surface area contributed by atoms with Gasteiger partial charge in [-0.15, -0.1) is 0 Å². The van der Waals surface area contributed by atoms with Gasteiger partial charge in [0.25, 0.3) is 0 Å². The number of nitrogens with two attached hydrogens (primary N) is 1. The SMILES string of the molecule is CC1=C(C(N)=O)[C@H](c2ccccc2)N=C(SCc2ccc(C(=O)O)cc2)N1. The number of carboxylic acids is 1. The van der Waals surface area contributed by atoms with Crippen LogP contribution in [0.15, 0.2) is 70.9 Å². The number of allylic oxidation sites excluding steroid dienone is 1. The first-order valence-corrected chi connectivity index (χ1v) is 9.29. The average molecular weight is 381 g/mol. The number of thioether (sulfide) groups is 1. The molecule has 1 aliphatic heterocycles. The van der Waals surface area contributed by atoms with Crippen LogP contribution in [0.1, 0.15) is 34.5 Å². The fourth-order valence-electron chi connectivity index (χ4n) is 2.81. The summed E-state index contributed by atoms with van der Waals surface area (Å²) in [6.07, 6.45) is 0.